The van der Waals surface area contributed by atoms with Gasteiger partial charge in [0.1, 0.15) is 5.76 Å². The zero-order valence-electron chi connectivity index (χ0n) is 22.5. The van der Waals surface area contributed by atoms with Crippen LogP contribution in [0, 0.1) is 5.92 Å². The molecule has 0 saturated carbocycles. The number of carbonyl (C=O) groups excluding carboxylic acids is 2. The first-order chi connectivity index (χ1) is 17.7. The average Bonchev–Trinajstić information content (AvgIpc) is 3.44. The highest BCUT2D eigenvalue weighted by Crippen LogP contribution is 2.47. The Morgan fingerprint density at radius 3 is 2.59 bits per heavy atom. The third kappa shape index (κ3) is 5.57. The lowest BCUT2D eigenvalue weighted by atomic mass is 9.86. The molecule has 4 rings (SSSR count). The SMILES string of the molecule is CCCN1CCc2cc3c(cc2[C@@H]2[C@H](OC(=O)[C@@](O)(CCC(C)C)CC(=O)OC)C(OC)=C[C@@H]21)OCO3. The van der Waals surface area contributed by atoms with Gasteiger partial charge in [-0.1, -0.05) is 20.8 Å². The van der Waals surface area contributed by atoms with Gasteiger partial charge in [0.25, 0.3) is 0 Å². The molecule has 0 radical (unpaired) electrons. The van der Waals surface area contributed by atoms with Crippen molar-refractivity contribution in [1.82, 2.24) is 4.90 Å². The Morgan fingerprint density at radius 2 is 1.95 bits per heavy atom. The molecule has 0 fully saturated rings. The maximum Gasteiger partial charge on any atom is 0.339 e. The van der Waals surface area contributed by atoms with E-state index in [1.165, 1.54) is 7.11 Å². The Morgan fingerprint density at radius 1 is 1.22 bits per heavy atom. The molecule has 1 aromatic rings. The molecule has 0 unspecified atom stereocenters. The van der Waals surface area contributed by atoms with Crippen LogP contribution in [0.25, 0.3) is 0 Å². The molecule has 0 saturated heterocycles. The molecule has 0 spiro atoms. The van der Waals surface area contributed by atoms with Crippen molar-refractivity contribution in [2.45, 2.75) is 76.5 Å². The first-order valence-corrected chi connectivity index (χ1v) is 13.1. The van der Waals surface area contributed by atoms with E-state index in [4.69, 9.17) is 23.7 Å². The highest BCUT2D eigenvalue weighted by atomic mass is 16.7. The molecule has 204 valence electrons. The molecule has 37 heavy (non-hydrogen) atoms. The summed E-state index contributed by atoms with van der Waals surface area (Å²) in [6.45, 7) is 7.99. The minimum absolute atomic E-state index is 0.0707. The largest absolute Gasteiger partial charge is 0.497 e. The molecule has 0 bridgehead atoms. The fraction of sp³-hybridized carbons (Fsp3) is 0.643. The lowest BCUT2D eigenvalue weighted by Crippen LogP contribution is -2.46. The van der Waals surface area contributed by atoms with Crippen LogP contribution in [0.15, 0.2) is 24.0 Å². The van der Waals surface area contributed by atoms with Crippen molar-refractivity contribution >= 4 is 11.9 Å². The summed E-state index contributed by atoms with van der Waals surface area (Å²) in [5.41, 5.74) is 0.113. The Hall–Kier alpha value is -2.78. The van der Waals surface area contributed by atoms with Crippen molar-refractivity contribution < 1.29 is 38.4 Å². The molecule has 0 aromatic heterocycles. The number of hydrogen-bond acceptors (Lipinski definition) is 9. The standard InChI is InChI=1S/C28H39NO8/c1-6-10-29-11-8-18-12-21-22(36-16-35-21)13-19(18)25-20(29)14-23(33-4)26(25)37-27(31)28(32,9-7-17(2)3)15-24(30)34-5/h12-14,17,20,25-26,32H,6-11,15-16H2,1-5H3/t20-,25-,26+,28+/m0/s1. The van der Waals surface area contributed by atoms with Crippen LogP contribution in [0.2, 0.25) is 0 Å². The number of hydrogen-bond donors (Lipinski definition) is 1. The van der Waals surface area contributed by atoms with E-state index in [1.54, 1.807) is 7.11 Å². The molecule has 2 aliphatic heterocycles. The van der Waals surface area contributed by atoms with Crippen molar-refractivity contribution in [2.75, 3.05) is 34.1 Å². The van der Waals surface area contributed by atoms with Gasteiger partial charge < -0.3 is 28.8 Å². The van der Waals surface area contributed by atoms with E-state index in [0.717, 1.165) is 37.1 Å². The summed E-state index contributed by atoms with van der Waals surface area (Å²) < 4.78 is 27.9. The molecule has 9 nitrogen and oxygen atoms in total. The average molecular weight is 518 g/mol. The molecule has 2 heterocycles. The third-order valence-corrected chi connectivity index (χ3v) is 7.55. The van der Waals surface area contributed by atoms with Gasteiger partial charge in [-0.25, -0.2) is 4.79 Å². The Kier molecular flexibility index (Phi) is 8.33. The minimum Gasteiger partial charge on any atom is -0.497 e. The third-order valence-electron chi connectivity index (χ3n) is 7.55. The van der Waals surface area contributed by atoms with Gasteiger partial charge >= 0.3 is 11.9 Å². The summed E-state index contributed by atoms with van der Waals surface area (Å²) >= 11 is 0. The summed E-state index contributed by atoms with van der Waals surface area (Å²) in [6.07, 6.45) is 3.19. The maximum absolute atomic E-state index is 13.6. The van der Waals surface area contributed by atoms with Gasteiger partial charge in [0.15, 0.2) is 23.2 Å². The van der Waals surface area contributed by atoms with Gasteiger partial charge in [-0.15, -0.1) is 0 Å². The number of fused-ring (bicyclic) bond motifs is 4. The van der Waals surface area contributed by atoms with Gasteiger partial charge in [0.05, 0.1) is 20.6 Å². The zero-order chi connectivity index (χ0) is 26.7. The van der Waals surface area contributed by atoms with E-state index >= 15 is 0 Å². The van der Waals surface area contributed by atoms with E-state index in [2.05, 4.69) is 11.8 Å². The monoisotopic (exact) mass is 517 g/mol. The van der Waals surface area contributed by atoms with Crippen LogP contribution in [-0.2, 0) is 30.2 Å². The summed E-state index contributed by atoms with van der Waals surface area (Å²) in [5.74, 6) is 0.341. The predicted molar refractivity (Wildman–Crippen MR) is 135 cm³/mol. The smallest absolute Gasteiger partial charge is 0.339 e. The van der Waals surface area contributed by atoms with Crippen LogP contribution in [0.1, 0.15) is 63.5 Å². The topological polar surface area (TPSA) is 104 Å². The molecule has 1 aromatic carbocycles. The highest BCUT2D eigenvalue weighted by molar-refractivity contribution is 5.86. The zero-order valence-corrected chi connectivity index (χ0v) is 22.5. The molecule has 1 N–H and O–H groups in total. The number of rotatable bonds is 10. The van der Waals surface area contributed by atoms with Gasteiger partial charge in [0.2, 0.25) is 6.79 Å². The Balaban J connectivity index is 1.71. The molecule has 9 heteroatoms. The first kappa shape index (κ1) is 27.3. The van der Waals surface area contributed by atoms with Crippen LogP contribution in [0.4, 0.5) is 0 Å². The van der Waals surface area contributed by atoms with Crippen LogP contribution < -0.4 is 9.47 Å². The fourth-order valence-corrected chi connectivity index (χ4v) is 5.53. The van der Waals surface area contributed by atoms with Crippen LogP contribution in [0.5, 0.6) is 11.5 Å². The second-order valence-corrected chi connectivity index (χ2v) is 10.5. The first-order valence-electron chi connectivity index (χ1n) is 13.1. The number of methoxy groups -OCH3 is 2. The number of ether oxygens (including phenoxy) is 5. The van der Waals surface area contributed by atoms with Crippen molar-refractivity contribution in [3.8, 4) is 11.5 Å². The Labute approximate surface area is 218 Å². The number of esters is 2. The van der Waals surface area contributed by atoms with Crippen LogP contribution >= 0.6 is 0 Å². The summed E-state index contributed by atoms with van der Waals surface area (Å²) in [4.78, 5) is 28.1. The maximum atomic E-state index is 13.6. The molecule has 1 aliphatic carbocycles. The van der Waals surface area contributed by atoms with E-state index in [9.17, 15) is 14.7 Å². The van der Waals surface area contributed by atoms with E-state index in [-0.39, 0.29) is 31.1 Å². The van der Waals surface area contributed by atoms with Gasteiger partial charge in [-0.2, -0.15) is 0 Å². The Bertz CT molecular complexity index is 1040. The minimum atomic E-state index is -2.00. The summed E-state index contributed by atoms with van der Waals surface area (Å²) in [5, 5.41) is 11.4. The van der Waals surface area contributed by atoms with Crippen molar-refractivity contribution in [1.29, 1.82) is 0 Å². The second kappa shape index (κ2) is 11.3. The number of aliphatic hydroxyl groups is 1. The second-order valence-electron chi connectivity index (χ2n) is 10.5. The molecule has 4 atom stereocenters. The highest BCUT2D eigenvalue weighted by Gasteiger charge is 2.49. The summed E-state index contributed by atoms with van der Waals surface area (Å²) in [6, 6.07) is 3.93. The van der Waals surface area contributed by atoms with Gasteiger partial charge in [-0.05, 0) is 67.5 Å². The molecular formula is C28H39NO8. The molecule has 0 amide bonds. The lowest BCUT2D eigenvalue weighted by Gasteiger charge is -2.34. The van der Waals surface area contributed by atoms with Crippen LogP contribution in [-0.4, -0.2) is 73.8 Å². The number of carbonyl (C=O) groups is 2. The number of benzene rings is 1. The van der Waals surface area contributed by atoms with E-state index in [1.807, 2.05) is 32.1 Å². The quantitative estimate of drug-likeness (QED) is 0.468. The van der Waals surface area contributed by atoms with Crippen molar-refractivity contribution in [2.24, 2.45) is 5.92 Å². The summed E-state index contributed by atoms with van der Waals surface area (Å²) in [7, 11) is 2.79. The van der Waals surface area contributed by atoms with Crippen LogP contribution in [0.3, 0.4) is 0 Å². The number of nitrogens with zero attached hydrogens (tertiary/aromatic N) is 1. The molecular weight excluding hydrogens is 478 g/mol. The lowest BCUT2D eigenvalue weighted by molar-refractivity contribution is -0.178. The fourth-order valence-electron chi connectivity index (χ4n) is 5.53. The van der Waals surface area contributed by atoms with Crippen molar-refractivity contribution in [3.63, 3.8) is 0 Å². The predicted octanol–water partition coefficient (Wildman–Crippen LogP) is 3.32. The molecule has 3 aliphatic rings. The van der Waals surface area contributed by atoms with Gasteiger partial charge in [-0.3, -0.25) is 9.69 Å². The van der Waals surface area contributed by atoms with E-state index < -0.39 is 30.1 Å². The van der Waals surface area contributed by atoms with Crippen molar-refractivity contribution in [3.05, 3.63) is 35.1 Å². The van der Waals surface area contributed by atoms with E-state index in [0.29, 0.717) is 23.7 Å². The van der Waals surface area contributed by atoms with Gasteiger partial charge in [0, 0.05) is 18.5 Å². The normalized spacial score (nSPS) is 24.0.